The van der Waals surface area contributed by atoms with Gasteiger partial charge in [-0.05, 0) is 267 Å². The highest BCUT2D eigenvalue weighted by molar-refractivity contribution is 7.33. The Kier molecular flexibility index (Phi) is 45.6. The third-order valence-electron chi connectivity index (χ3n) is 26.5. The molecule has 13 aromatic rings. The largest absolute Gasteiger partial charge is 0.143 e. The lowest BCUT2D eigenvalue weighted by molar-refractivity contribution is 0.608. The highest BCUT2D eigenvalue weighted by Gasteiger charge is 2.27. The van der Waals surface area contributed by atoms with Crippen LogP contribution in [0.1, 0.15) is 408 Å². The van der Waals surface area contributed by atoms with Gasteiger partial charge in [0.25, 0.3) is 0 Å². The fourth-order valence-electron chi connectivity index (χ4n) is 18.9. The molecule has 0 spiro atoms. The van der Waals surface area contributed by atoms with Crippen molar-refractivity contribution in [2.45, 2.75) is 415 Å². The van der Waals surface area contributed by atoms with Crippen LogP contribution in [0, 0.1) is 0 Å². The van der Waals surface area contributed by atoms with Crippen LogP contribution in [-0.2, 0) is 51.4 Å². The van der Waals surface area contributed by atoms with Crippen molar-refractivity contribution in [1.82, 2.24) is 0 Å². The number of rotatable bonds is 68. The summed E-state index contributed by atoms with van der Waals surface area (Å²) in [6.07, 6.45) is 73.1. The van der Waals surface area contributed by atoms with E-state index in [2.05, 4.69) is 266 Å². The molecule has 698 valence electrons. The molecular weight excluding hydrogens is 1810 g/mol. The SMILES string of the molecule is CCCCCCCCc1ccsc1-c1cc(CCCCCCCC)c(-c2ccc(-c3ccc(-c4cc(CCCCCCCC)c(-c5cc(CCCCCCCC)c(-c6ccc(-c7cc(CCCCCCCC)c(-c8cc(CCCCCCCC)c(-c9ccc(-c%10ccc(-c%11sc(-c%12sccc%12CCCCCCCC)cc%11CCCCCCCC)s%10)s9)s8)s7)s6)s5)s4)s3)s2)s1. The summed E-state index contributed by atoms with van der Waals surface area (Å²) in [6, 6.07) is 45.7. The van der Waals surface area contributed by atoms with Crippen molar-refractivity contribution < 1.29 is 0 Å². The van der Waals surface area contributed by atoms with Crippen LogP contribution in [0.3, 0.4) is 0 Å². The Morgan fingerprint density at radius 2 is 0.287 bits per heavy atom. The first-order valence-corrected chi connectivity index (χ1v) is 62.9. The molecule has 0 aliphatic heterocycles. The third-order valence-corrected chi connectivity index (χ3v) is 43.2. The van der Waals surface area contributed by atoms with E-state index in [9.17, 15) is 0 Å². The molecule has 0 N–H and O–H groups in total. The Morgan fingerprint density at radius 1 is 0.132 bits per heavy atom. The smallest absolute Gasteiger partial charge is 0.0481 e. The Labute approximate surface area is 835 Å². The van der Waals surface area contributed by atoms with Gasteiger partial charge in [0.05, 0.1) is 0 Å². The molecule has 0 aliphatic rings. The molecule has 129 heavy (non-hydrogen) atoms. The van der Waals surface area contributed by atoms with Crippen LogP contribution < -0.4 is 0 Å². The van der Waals surface area contributed by atoms with E-state index in [-0.39, 0.29) is 0 Å². The molecule has 0 bridgehead atoms. The van der Waals surface area contributed by atoms with Gasteiger partial charge in [-0.15, -0.1) is 147 Å². The standard InChI is InChI=1S/C116H156S13/c1-9-17-25-33-41-49-57-85-75-77-117-109(85)105-81-89(61-53-45-37-29-21-13-5)111(126-105)99-71-67-94(120-99)93-65-66-97(119-93)103-79-87(59-51-43-35-27-19-11-3)115(124-103)107-84-92(64-56-48-40-32-24-16-8)114(129-107)102-74-70-98(123-102)104-80-88(60-52-44-36-28-20-12-4)116(125-104)108-83-91(63-55-47-39-31-23-15-7)113(128-108)101-73-69-96(122-101)95-68-72-100(121-95)112-90(62-54-46-38-30-22-14-6)82-106(127-112)110-86(76-78-118-110)58-50-42-34-26-18-10-2/h65-84H,9-64H2,1-8H3. The summed E-state index contributed by atoms with van der Waals surface area (Å²) >= 11 is 26.8. The first kappa shape index (κ1) is 103. The van der Waals surface area contributed by atoms with Gasteiger partial charge >= 0.3 is 0 Å². The highest BCUT2D eigenvalue weighted by atomic mass is 32.2. The van der Waals surface area contributed by atoms with Gasteiger partial charge in [0, 0.05) is 117 Å². The summed E-state index contributed by atoms with van der Waals surface area (Å²) in [5.41, 5.74) is 12.6. The topological polar surface area (TPSA) is 0 Å². The lowest BCUT2D eigenvalue weighted by Gasteiger charge is -2.03. The minimum absolute atomic E-state index is 1.15. The Hall–Kier alpha value is -3.90. The minimum atomic E-state index is 1.15. The monoisotopic (exact) mass is 1960 g/mol. The van der Waals surface area contributed by atoms with Crippen LogP contribution >= 0.6 is 147 Å². The van der Waals surface area contributed by atoms with Gasteiger partial charge in [-0.25, -0.2) is 0 Å². The maximum Gasteiger partial charge on any atom is 0.0481 e. The summed E-state index contributed by atoms with van der Waals surface area (Å²) < 4.78 is 0. The number of unbranched alkanes of at least 4 members (excludes halogenated alkanes) is 40. The lowest BCUT2D eigenvalue weighted by atomic mass is 10.0. The van der Waals surface area contributed by atoms with E-state index in [1.807, 2.05) is 56.7 Å². The minimum Gasteiger partial charge on any atom is -0.143 e. The molecule has 0 nitrogen and oxygen atoms in total. The zero-order valence-electron chi connectivity index (χ0n) is 80.5. The molecule has 0 radical (unpaired) electrons. The average molecular weight is 1970 g/mol. The molecule has 0 saturated heterocycles. The molecule has 0 fully saturated rings. The first-order valence-electron chi connectivity index (χ1n) is 52.1. The molecule has 0 aromatic carbocycles. The van der Waals surface area contributed by atoms with Crippen molar-refractivity contribution >= 4 is 147 Å². The molecule has 13 rings (SSSR count). The van der Waals surface area contributed by atoms with E-state index < -0.39 is 0 Å². The predicted molar refractivity (Wildman–Crippen MR) is 601 cm³/mol. The van der Waals surface area contributed by atoms with E-state index in [1.165, 1.54) is 451 Å². The fraction of sp³-hybridized carbons (Fsp3) is 0.552. The van der Waals surface area contributed by atoms with Crippen molar-refractivity contribution in [2.75, 3.05) is 0 Å². The molecule has 13 aromatic heterocycles. The summed E-state index contributed by atoms with van der Waals surface area (Å²) in [5.74, 6) is 0. The zero-order chi connectivity index (χ0) is 89.4. The van der Waals surface area contributed by atoms with Crippen LogP contribution in [0.5, 0.6) is 0 Å². The second kappa shape index (κ2) is 57.3. The van der Waals surface area contributed by atoms with E-state index in [1.54, 1.807) is 44.5 Å². The summed E-state index contributed by atoms with van der Waals surface area (Å²) in [4.78, 5) is 35.4. The summed E-state index contributed by atoms with van der Waals surface area (Å²) in [5, 5.41) is 4.73. The van der Waals surface area contributed by atoms with Gasteiger partial charge in [-0.1, -0.05) is 312 Å². The molecule has 0 unspecified atom stereocenters. The molecule has 0 aliphatic carbocycles. The normalized spacial score (nSPS) is 11.9. The highest BCUT2D eigenvalue weighted by Crippen LogP contribution is 2.55. The molecule has 0 atom stereocenters. The number of hydrogen-bond donors (Lipinski definition) is 0. The Morgan fingerprint density at radius 3 is 0.512 bits per heavy atom. The van der Waals surface area contributed by atoms with Crippen molar-refractivity contribution in [2.24, 2.45) is 0 Å². The number of aryl methyl sites for hydroxylation is 8. The maximum atomic E-state index is 2.70. The van der Waals surface area contributed by atoms with Crippen molar-refractivity contribution in [3.05, 3.63) is 164 Å². The van der Waals surface area contributed by atoms with Crippen LogP contribution in [-0.4, -0.2) is 0 Å². The first-order chi connectivity index (χ1) is 63.7. The van der Waals surface area contributed by atoms with Crippen molar-refractivity contribution in [1.29, 1.82) is 0 Å². The maximum absolute atomic E-state index is 2.70. The van der Waals surface area contributed by atoms with Gasteiger partial charge in [0.1, 0.15) is 0 Å². The molecule has 0 amide bonds. The number of hydrogen-bond acceptors (Lipinski definition) is 13. The van der Waals surface area contributed by atoms with Crippen LogP contribution in [0.25, 0.3) is 117 Å². The van der Waals surface area contributed by atoms with Gasteiger partial charge in [0.15, 0.2) is 0 Å². The van der Waals surface area contributed by atoms with Gasteiger partial charge < -0.3 is 0 Å². The van der Waals surface area contributed by atoms with Crippen LogP contribution in [0.2, 0.25) is 0 Å². The van der Waals surface area contributed by atoms with E-state index >= 15 is 0 Å². The molecule has 13 heteroatoms. The Bertz CT molecular complexity index is 5250. The predicted octanol–water partition coefficient (Wildman–Crippen LogP) is 45.7. The Balaban J connectivity index is 0.792. The average Bonchev–Trinajstić information content (AvgIpc) is 1.65. The third kappa shape index (κ3) is 30.8. The van der Waals surface area contributed by atoms with Crippen molar-refractivity contribution in [3.8, 4) is 117 Å². The quantitative estimate of drug-likeness (QED) is 0.0333. The summed E-state index contributed by atoms with van der Waals surface area (Å²) in [6.45, 7) is 18.8. The zero-order valence-corrected chi connectivity index (χ0v) is 91.1. The number of thiophene rings is 13. The molecule has 0 saturated carbocycles. The second-order valence-electron chi connectivity index (χ2n) is 37.3. The van der Waals surface area contributed by atoms with Crippen LogP contribution in [0.4, 0.5) is 0 Å². The van der Waals surface area contributed by atoms with Crippen molar-refractivity contribution in [3.63, 3.8) is 0 Å². The van der Waals surface area contributed by atoms with Gasteiger partial charge in [-0.3, -0.25) is 0 Å². The van der Waals surface area contributed by atoms with E-state index in [0.29, 0.717) is 0 Å². The second-order valence-corrected chi connectivity index (χ2v) is 50.9. The van der Waals surface area contributed by atoms with E-state index in [4.69, 9.17) is 0 Å². The summed E-state index contributed by atoms with van der Waals surface area (Å²) in [7, 11) is 0. The fourth-order valence-corrected chi connectivity index (χ4v) is 34.6. The lowest BCUT2D eigenvalue weighted by Crippen LogP contribution is -1.87. The van der Waals surface area contributed by atoms with E-state index in [0.717, 1.165) is 25.7 Å². The van der Waals surface area contributed by atoms with Gasteiger partial charge in [0.2, 0.25) is 0 Å². The van der Waals surface area contributed by atoms with Crippen LogP contribution in [0.15, 0.2) is 120 Å². The van der Waals surface area contributed by atoms with Gasteiger partial charge in [-0.2, -0.15) is 0 Å². The molecular formula is C116H156S13. The molecule has 13 heterocycles.